The third-order valence-corrected chi connectivity index (χ3v) is 3.57. The van der Waals surface area contributed by atoms with Gasteiger partial charge in [-0.1, -0.05) is 12.2 Å². The van der Waals surface area contributed by atoms with Crippen LogP contribution in [0.25, 0.3) is 0 Å². The Balaban J connectivity index is 1.59. The van der Waals surface area contributed by atoms with Gasteiger partial charge in [-0.05, 0) is 44.6 Å². The molecular weight excluding hydrogens is 200 g/mol. The van der Waals surface area contributed by atoms with Gasteiger partial charge in [0.25, 0.3) is 0 Å². The first-order valence-corrected chi connectivity index (χ1v) is 6.38. The fourth-order valence-electron chi connectivity index (χ4n) is 2.22. The first kappa shape index (κ1) is 11.6. The van der Waals surface area contributed by atoms with Crippen LogP contribution in [0.3, 0.4) is 0 Å². The third-order valence-electron chi connectivity index (χ3n) is 3.57. The van der Waals surface area contributed by atoms with Crippen molar-refractivity contribution in [2.75, 3.05) is 20.1 Å². The van der Waals surface area contributed by atoms with E-state index in [1.807, 2.05) is 11.9 Å². The number of amides is 1. The Labute approximate surface area is 97.9 Å². The average molecular weight is 222 g/mol. The highest BCUT2D eigenvalue weighted by Gasteiger charge is 2.29. The minimum absolute atomic E-state index is 0.244. The molecule has 0 spiro atoms. The Kier molecular flexibility index (Phi) is 3.99. The molecule has 3 nitrogen and oxygen atoms in total. The molecule has 3 heteroatoms. The van der Waals surface area contributed by atoms with E-state index in [0.29, 0.717) is 12.6 Å². The Bertz CT molecular complexity index is 271. The van der Waals surface area contributed by atoms with Crippen molar-refractivity contribution in [3.05, 3.63) is 12.2 Å². The summed E-state index contributed by atoms with van der Waals surface area (Å²) in [5.41, 5.74) is 0. The molecular formula is C13H22N2O. The second-order valence-corrected chi connectivity index (χ2v) is 5.02. The molecule has 0 radical (unpaired) electrons. The number of rotatable bonds is 5. The van der Waals surface area contributed by atoms with Gasteiger partial charge in [0.1, 0.15) is 0 Å². The zero-order valence-corrected chi connectivity index (χ0v) is 10.1. The van der Waals surface area contributed by atoms with Gasteiger partial charge in [0.2, 0.25) is 5.91 Å². The van der Waals surface area contributed by atoms with Gasteiger partial charge in [-0.3, -0.25) is 4.79 Å². The van der Waals surface area contributed by atoms with Crippen molar-refractivity contribution in [2.24, 2.45) is 5.92 Å². The van der Waals surface area contributed by atoms with Crippen molar-refractivity contribution >= 4 is 5.91 Å². The van der Waals surface area contributed by atoms with Gasteiger partial charge < -0.3 is 10.2 Å². The summed E-state index contributed by atoms with van der Waals surface area (Å²) < 4.78 is 0. The standard InChI is InChI=1S/C13H22N2O/c1-15(12-7-8-12)13(16)10-14-9-11-5-3-2-4-6-11/h2-3,11-12,14H,4-10H2,1H3. The molecule has 2 aliphatic rings. The number of nitrogens with zero attached hydrogens (tertiary/aromatic N) is 1. The molecule has 1 N–H and O–H groups in total. The van der Waals surface area contributed by atoms with Crippen LogP contribution in [-0.2, 0) is 4.79 Å². The lowest BCUT2D eigenvalue weighted by atomic mass is 9.94. The van der Waals surface area contributed by atoms with E-state index in [-0.39, 0.29) is 5.91 Å². The van der Waals surface area contributed by atoms with Crippen molar-refractivity contribution in [1.82, 2.24) is 10.2 Å². The minimum Gasteiger partial charge on any atom is -0.342 e. The van der Waals surface area contributed by atoms with Crippen LogP contribution >= 0.6 is 0 Å². The van der Waals surface area contributed by atoms with E-state index in [4.69, 9.17) is 0 Å². The second-order valence-electron chi connectivity index (χ2n) is 5.02. The van der Waals surface area contributed by atoms with Crippen molar-refractivity contribution in [2.45, 2.75) is 38.1 Å². The van der Waals surface area contributed by atoms with Crippen LogP contribution < -0.4 is 5.32 Å². The zero-order chi connectivity index (χ0) is 11.4. The van der Waals surface area contributed by atoms with Gasteiger partial charge in [0.15, 0.2) is 0 Å². The molecule has 0 heterocycles. The molecule has 0 aromatic heterocycles. The first-order valence-electron chi connectivity index (χ1n) is 6.38. The van der Waals surface area contributed by atoms with Gasteiger partial charge >= 0.3 is 0 Å². The summed E-state index contributed by atoms with van der Waals surface area (Å²) in [6, 6.07) is 0.534. The van der Waals surface area contributed by atoms with Crippen LogP contribution in [0.4, 0.5) is 0 Å². The van der Waals surface area contributed by atoms with Gasteiger partial charge in [-0.2, -0.15) is 0 Å². The van der Waals surface area contributed by atoms with E-state index in [1.54, 1.807) is 0 Å². The summed E-state index contributed by atoms with van der Waals surface area (Å²) in [5, 5.41) is 3.29. The van der Waals surface area contributed by atoms with Crippen LogP contribution in [0.2, 0.25) is 0 Å². The number of carbonyl (C=O) groups excluding carboxylic acids is 1. The topological polar surface area (TPSA) is 32.3 Å². The highest BCUT2D eigenvalue weighted by atomic mass is 16.2. The Morgan fingerprint density at radius 3 is 2.81 bits per heavy atom. The van der Waals surface area contributed by atoms with E-state index in [9.17, 15) is 4.79 Å². The highest BCUT2D eigenvalue weighted by molar-refractivity contribution is 5.78. The van der Waals surface area contributed by atoms with E-state index in [0.717, 1.165) is 12.5 Å². The molecule has 0 saturated heterocycles. The molecule has 1 saturated carbocycles. The lowest BCUT2D eigenvalue weighted by molar-refractivity contribution is -0.129. The average Bonchev–Trinajstić information content (AvgIpc) is 3.13. The molecule has 0 aromatic rings. The molecule has 1 fully saturated rings. The number of likely N-dealkylation sites (N-methyl/N-ethyl adjacent to an activating group) is 1. The lowest BCUT2D eigenvalue weighted by Crippen LogP contribution is -2.38. The number of hydrogen-bond donors (Lipinski definition) is 1. The predicted octanol–water partition coefficient (Wildman–Crippen LogP) is 1.55. The van der Waals surface area contributed by atoms with E-state index in [1.165, 1.54) is 32.1 Å². The van der Waals surface area contributed by atoms with E-state index < -0.39 is 0 Å². The van der Waals surface area contributed by atoms with E-state index in [2.05, 4.69) is 17.5 Å². The molecule has 16 heavy (non-hydrogen) atoms. The molecule has 2 rings (SSSR count). The number of hydrogen-bond acceptors (Lipinski definition) is 2. The molecule has 2 aliphatic carbocycles. The van der Waals surface area contributed by atoms with Gasteiger partial charge in [0, 0.05) is 13.1 Å². The Morgan fingerprint density at radius 1 is 1.38 bits per heavy atom. The monoisotopic (exact) mass is 222 g/mol. The normalized spacial score (nSPS) is 24.4. The number of nitrogens with one attached hydrogen (secondary N) is 1. The smallest absolute Gasteiger partial charge is 0.236 e. The van der Waals surface area contributed by atoms with Crippen LogP contribution in [0.15, 0.2) is 12.2 Å². The Hall–Kier alpha value is -0.830. The van der Waals surface area contributed by atoms with Crippen molar-refractivity contribution in [3.63, 3.8) is 0 Å². The molecule has 0 bridgehead atoms. The third kappa shape index (κ3) is 3.34. The fraction of sp³-hybridized carbons (Fsp3) is 0.769. The zero-order valence-electron chi connectivity index (χ0n) is 10.1. The van der Waals surface area contributed by atoms with Gasteiger partial charge in [-0.15, -0.1) is 0 Å². The summed E-state index contributed by atoms with van der Waals surface area (Å²) >= 11 is 0. The molecule has 1 unspecified atom stereocenters. The molecule has 0 aromatic carbocycles. The van der Waals surface area contributed by atoms with Gasteiger partial charge in [0.05, 0.1) is 6.54 Å². The summed E-state index contributed by atoms with van der Waals surface area (Å²) in [5.74, 6) is 0.970. The van der Waals surface area contributed by atoms with Crippen molar-refractivity contribution in [1.29, 1.82) is 0 Å². The summed E-state index contributed by atoms with van der Waals surface area (Å²) in [6.45, 7) is 1.49. The number of allylic oxidation sites excluding steroid dienone is 2. The minimum atomic E-state index is 0.244. The molecule has 1 amide bonds. The maximum atomic E-state index is 11.7. The lowest BCUT2D eigenvalue weighted by Gasteiger charge is -2.20. The van der Waals surface area contributed by atoms with E-state index >= 15 is 0 Å². The van der Waals surface area contributed by atoms with Crippen LogP contribution in [0.5, 0.6) is 0 Å². The molecule has 0 aliphatic heterocycles. The van der Waals surface area contributed by atoms with Crippen molar-refractivity contribution < 1.29 is 4.79 Å². The number of carbonyl (C=O) groups is 1. The first-order chi connectivity index (χ1) is 7.77. The van der Waals surface area contributed by atoms with Crippen LogP contribution in [0.1, 0.15) is 32.1 Å². The van der Waals surface area contributed by atoms with Crippen LogP contribution in [0, 0.1) is 5.92 Å². The SMILES string of the molecule is CN(C(=O)CNCC1CC=CCC1)C1CC1. The molecule has 90 valence electrons. The summed E-state index contributed by atoms with van der Waals surface area (Å²) in [7, 11) is 1.92. The van der Waals surface area contributed by atoms with Gasteiger partial charge in [-0.25, -0.2) is 0 Å². The van der Waals surface area contributed by atoms with Crippen LogP contribution in [-0.4, -0.2) is 37.0 Å². The summed E-state index contributed by atoms with van der Waals surface area (Å²) in [4.78, 5) is 13.6. The fourth-order valence-corrected chi connectivity index (χ4v) is 2.22. The highest BCUT2D eigenvalue weighted by Crippen LogP contribution is 2.25. The predicted molar refractivity (Wildman–Crippen MR) is 65.1 cm³/mol. The van der Waals surface area contributed by atoms with Crippen molar-refractivity contribution in [3.8, 4) is 0 Å². The molecule has 1 atom stereocenters. The largest absolute Gasteiger partial charge is 0.342 e. The summed E-state index contributed by atoms with van der Waals surface area (Å²) in [6.07, 6.45) is 10.5. The maximum absolute atomic E-state index is 11.7. The maximum Gasteiger partial charge on any atom is 0.236 e. The second kappa shape index (κ2) is 5.48. The quantitative estimate of drug-likeness (QED) is 0.716. The Morgan fingerprint density at radius 2 is 2.19 bits per heavy atom.